The van der Waals surface area contributed by atoms with Crippen molar-refractivity contribution in [2.45, 2.75) is 19.8 Å². The zero-order chi connectivity index (χ0) is 16.2. The van der Waals surface area contributed by atoms with Crippen molar-refractivity contribution in [3.63, 3.8) is 0 Å². The minimum atomic E-state index is -0.927. The van der Waals surface area contributed by atoms with E-state index >= 15 is 0 Å². The van der Waals surface area contributed by atoms with E-state index in [9.17, 15) is 9.90 Å². The van der Waals surface area contributed by atoms with Crippen LogP contribution in [0.15, 0.2) is 48.7 Å². The van der Waals surface area contributed by atoms with Crippen LogP contribution >= 0.6 is 11.3 Å². The van der Waals surface area contributed by atoms with E-state index in [1.807, 2.05) is 25.1 Å². The number of hydrogen-bond donors (Lipinski definition) is 1. The Labute approximate surface area is 138 Å². The fourth-order valence-electron chi connectivity index (χ4n) is 2.30. The molecule has 0 aliphatic rings. The molecule has 2 heterocycles. The Hall–Kier alpha value is -2.53. The molecular weight excluding hydrogens is 308 g/mol. The molecule has 0 aliphatic heterocycles. The Morgan fingerprint density at radius 2 is 1.91 bits per heavy atom. The standard InChI is InChI=1S/C18H16N2O2S/c1-12-5-7-13(8-6-12)9-10-14-16(18(21)22)23-17(20-14)15-4-2-3-11-19-15/h2-8,11H,9-10H2,1H3,(H,21,22). The molecular formula is C18H16N2O2S. The second-order valence-corrected chi connectivity index (χ2v) is 6.30. The number of aromatic nitrogens is 2. The average molecular weight is 324 g/mol. The van der Waals surface area contributed by atoms with Gasteiger partial charge in [0.05, 0.1) is 11.4 Å². The van der Waals surface area contributed by atoms with Gasteiger partial charge in [-0.1, -0.05) is 35.9 Å². The number of hydrogen-bond acceptors (Lipinski definition) is 4. The predicted octanol–water partition coefficient (Wildman–Crippen LogP) is 4.00. The smallest absolute Gasteiger partial charge is 0.347 e. The molecule has 4 nitrogen and oxygen atoms in total. The highest BCUT2D eigenvalue weighted by atomic mass is 32.1. The van der Waals surface area contributed by atoms with Gasteiger partial charge in [-0.15, -0.1) is 11.3 Å². The first-order chi connectivity index (χ1) is 11.1. The Morgan fingerprint density at radius 1 is 1.13 bits per heavy atom. The van der Waals surface area contributed by atoms with Gasteiger partial charge in [-0.2, -0.15) is 0 Å². The van der Waals surface area contributed by atoms with Crippen LogP contribution in [0.1, 0.15) is 26.5 Å². The first kappa shape index (κ1) is 15.4. The lowest BCUT2D eigenvalue weighted by Crippen LogP contribution is -2.01. The molecule has 5 heteroatoms. The van der Waals surface area contributed by atoms with Crippen LogP contribution in [-0.2, 0) is 12.8 Å². The van der Waals surface area contributed by atoms with Gasteiger partial charge in [-0.25, -0.2) is 9.78 Å². The third-order valence-corrected chi connectivity index (χ3v) is 4.65. The number of rotatable bonds is 5. The van der Waals surface area contributed by atoms with E-state index in [0.29, 0.717) is 27.7 Å². The van der Waals surface area contributed by atoms with Crippen LogP contribution in [0, 0.1) is 6.92 Å². The number of carboxylic acids is 1. The van der Waals surface area contributed by atoms with Gasteiger partial charge in [0.2, 0.25) is 0 Å². The van der Waals surface area contributed by atoms with Crippen LogP contribution in [-0.4, -0.2) is 21.0 Å². The lowest BCUT2D eigenvalue weighted by Gasteiger charge is -2.01. The van der Waals surface area contributed by atoms with Gasteiger partial charge in [0.1, 0.15) is 9.88 Å². The van der Waals surface area contributed by atoms with Crippen LogP contribution in [0.2, 0.25) is 0 Å². The number of aryl methyl sites for hydroxylation is 3. The van der Waals surface area contributed by atoms with Crippen molar-refractivity contribution in [2.75, 3.05) is 0 Å². The number of carboxylic acid groups (broad SMARTS) is 1. The molecule has 0 bridgehead atoms. The molecule has 0 amide bonds. The highest BCUT2D eigenvalue weighted by Crippen LogP contribution is 2.27. The summed E-state index contributed by atoms with van der Waals surface area (Å²) >= 11 is 1.19. The maximum Gasteiger partial charge on any atom is 0.347 e. The number of aromatic carboxylic acids is 1. The third-order valence-electron chi connectivity index (χ3n) is 3.55. The van der Waals surface area contributed by atoms with Crippen LogP contribution in [0.25, 0.3) is 10.7 Å². The van der Waals surface area contributed by atoms with E-state index in [0.717, 1.165) is 6.42 Å². The van der Waals surface area contributed by atoms with Gasteiger partial charge in [0, 0.05) is 6.20 Å². The molecule has 3 rings (SSSR count). The van der Waals surface area contributed by atoms with E-state index in [2.05, 4.69) is 34.2 Å². The third kappa shape index (κ3) is 3.63. The quantitative estimate of drug-likeness (QED) is 0.770. The molecule has 0 saturated heterocycles. The Kier molecular flexibility index (Phi) is 4.48. The van der Waals surface area contributed by atoms with Gasteiger partial charge in [-0.3, -0.25) is 4.98 Å². The molecule has 116 valence electrons. The second-order valence-electron chi connectivity index (χ2n) is 5.30. The van der Waals surface area contributed by atoms with Crippen LogP contribution in [0.5, 0.6) is 0 Å². The van der Waals surface area contributed by atoms with E-state index in [1.165, 1.54) is 22.5 Å². The van der Waals surface area contributed by atoms with E-state index in [1.54, 1.807) is 6.20 Å². The summed E-state index contributed by atoms with van der Waals surface area (Å²) in [7, 11) is 0. The van der Waals surface area contributed by atoms with E-state index in [4.69, 9.17) is 0 Å². The Bertz CT molecular complexity index is 811. The van der Waals surface area contributed by atoms with Crippen LogP contribution < -0.4 is 0 Å². The van der Waals surface area contributed by atoms with Gasteiger partial charge < -0.3 is 5.11 Å². The summed E-state index contributed by atoms with van der Waals surface area (Å²) in [5.41, 5.74) is 3.73. The van der Waals surface area contributed by atoms with Crippen molar-refractivity contribution in [1.82, 2.24) is 9.97 Å². The molecule has 0 saturated carbocycles. The first-order valence-corrected chi connectivity index (χ1v) is 8.15. The Morgan fingerprint density at radius 3 is 2.57 bits per heavy atom. The molecule has 0 radical (unpaired) electrons. The molecule has 3 aromatic rings. The molecule has 0 unspecified atom stereocenters. The fourth-order valence-corrected chi connectivity index (χ4v) is 3.23. The van der Waals surface area contributed by atoms with Gasteiger partial charge in [-0.05, 0) is 37.5 Å². The first-order valence-electron chi connectivity index (χ1n) is 7.33. The van der Waals surface area contributed by atoms with E-state index < -0.39 is 5.97 Å². The van der Waals surface area contributed by atoms with Crippen molar-refractivity contribution in [3.8, 4) is 10.7 Å². The van der Waals surface area contributed by atoms with Gasteiger partial charge in [0.25, 0.3) is 0 Å². The number of pyridine rings is 1. The Balaban J connectivity index is 1.84. The van der Waals surface area contributed by atoms with Crippen molar-refractivity contribution < 1.29 is 9.90 Å². The minimum absolute atomic E-state index is 0.303. The maximum absolute atomic E-state index is 11.5. The monoisotopic (exact) mass is 324 g/mol. The number of carbonyl (C=O) groups is 1. The summed E-state index contributed by atoms with van der Waals surface area (Å²) in [5.74, 6) is -0.927. The molecule has 0 spiro atoms. The average Bonchev–Trinajstić information content (AvgIpc) is 3.00. The summed E-state index contributed by atoms with van der Waals surface area (Å²) in [6, 6.07) is 13.8. The summed E-state index contributed by atoms with van der Waals surface area (Å²) in [5, 5.41) is 10.1. The number of thiazole rings is 1. The maximum atomic E-state index is 11.5. The van der Waals surface area contributed by atoms with Gasteiger partial charge in [0.15, 0.2) is 0 Å². The number of nitrogens with zero attached hydrogens (tertiary/aromatic N) is 2. The van der Waals surface area contributed by atoms with Crippen molar-refractivity contribution in [1.29, 1.82) is 0 Å². The SMILES string of the molecule is Cc1ccc(CCc2nc(-c3ccccn3)sc2C(=O)O)cc1. The predicted molar refractivity (Wildman–Crippen MR) is 90.9 cm³/mol. The molecule has 0 aliphatic carbocycles. The lowest BCUT2D eigenvalue weighted by molar-refractivity contribution is 0.0700. The van der Waals surface area contributed by atoms with Crippen LogP contribution in [0.3, 0.4) is 0 Å². The summed E-state index contributed by atoms with van der Waals surface area (Å²) in [6.45, 7) is 2.05. The summed E-state index contributed by atoms with van der Waals surface area (Å²) in [6.07, 6.45) is 3.06. The lowest BCUT2D eigenvalue weighted by atomic mass is 10.1. The van der Waals surface area contributed by atoms with Crippen LogP contribution in [0.4, 0.5) is 0 Å². The topological polar surface area (TPSA) is 63.1 Å². The molecule has 1 N–H and O–H groups in total. The summed E-state index contributed by atoms with van der Waals surface area (Å²) < 4.78 is 0. The number of benzene rings is 1. The highest BCUT2D eigenvalue weighted by Gasteiger charge is 2.18. The largest absolute Gasteiger partial charge is 0.477 e. The normalized spacial score (nSPS) is 10.7. The molecule has 2 aromatic heterocycles. The molecule has 0 atom stereocenters. The highest BCUT2D eigenvalue weighted by molar-refractivity contribution is 7.17. The summed E-state index contributed by atoms with van der Waals surface area (Å²) in [4.78, 5) is 20.5. The van der Waals surface area contributed by atoms with Gasteiger partial charge >= 0.3 is 5.97 Å². The zero-order valence-corrected chi connectivity index (χ0v) is 13.5. The zero-order valence-electron chi connectivity index (χ0n) is 12.7. The van der Waals surface area contributed by atoms with E-state index in [-0.39, 0.29) is 0 Å². The second kappa shape index (κ2) is 6.71. The van der Waals surface area contributed by atoms with Crippen molar-refractivity contribution in [3.05, 3.63) is 70.4 Å². The molecule has 23 heavy (non-hydrogen) atoms. The molecule has 0 fully saturated rings. The van der Waals surface area contributed by atoms with Crippen molar-refractivity contribution >= 4 is 17.3 Å². The minimum Gasteiger partial charge on any atom is -0.477 e. The fraction of sp³-hybridized carbons (Fsp3) is 0.167. The molecule has 1 aromatic carbocycles. The van der Waals surface area contributed by atoms with Crippen molar-refractivity contribution in [2.24, 2.45) is 0 Å².